The molecule has 3 heterocycles. The van der Waals surface area contributed by atoms with Crippen molar-refractivity contribution in [1.29, 1.82) is 0 Å². The minimum Gasteiger partial charge on any atom is -0.497 e. The van der Waals surface area contributed by atoms with Gasteiger partial charge < -0.3 is 14.5 Å². The molecule has 35 heavy (non-hydrogen) atoms. The maximum absolute atomic E-state index is 13.8. The van der Waals surface area contributed by atoms with Crippen LogP contribution < -0.4 is 4.74 Å². The van der Waals surface area contributed by atoms with E-state index in [1.807, 2.05) is 36.0 Å². The average Bonchev–Trinajstić information content (AvgIpc) is 3.44. The van der Waals surface area contributed by atoms with E-state index >= 15 is 0 Å². The Balaban J connectivity index is 1.52. The highest BCUT2D eigenvalue weighted by atomic mass is 32.1. The highest BCUT2D eigenvalue weighted by Gasteiger charge is 2.54. The predicted octanol–water partition coefficient (Wildman–Crippen LogP) is 2.05. The lowest BCUT2D eigenvalue weighted by Crippen LogP contribution is -2.50. The molecule has 0 radical (unpaired) electrons. The van der Waals surface area contributed by atoms with Crippen LogP contribution in [0.4, 0.5) is 0 Å². The van der Waals surface area contributed by atoms with Crippen molar-refractivity contribution in [1.82, 2.24) is 19.6 Å². The van der Waals surface area contributed by atoms with Gasteiger partial charge >= 0.3 is 0 Å². The van der Waals surface area contributed by atoms with Crippen molar-refractivity contribution < 1.29 is 19.1 Å². The SMILES string of the molecule is COc1cccc(C2(CC(=O)N3CCN(Cc4ccsc4)CC3)CC(=O)N(CCN(C)C)C2=O)c1. The van der Waals surface area contributed by atoms with Crippen LogP contribution >= 0.6 is 11.3 Å². The summed E-state index contributed by atoms with van der Waals surface area (Å²) < 4.78 is 5.39. The lowest BCUT2D eigenvalue weighted by Gasteiger charge is -2.36. The standard InChI is InChI=1S/C26H34N4O4S/c1-27(2)8-13-30-24(32)17-26(25(30)33,21-5-4-6-22(15-21)34-3)16-23(31)29-11-9-28(10-12-29)18-20-7-14-35-19-20/h4-7,14-15,19H,8-13,16-18H2,1-3H3. The first kappa shape index (κ1) is 25.3. The summed E-state index contributed by atoms with van der Waals surface area (Å²) in [5, 5.41) is 4.23. The number of hydrogen-bond donors (Lipinski definition) is 0. The van der Waals surface area contributed by atoms with Crippen molar-refractivity contribution in [3.63, 3.8) is 0 Å². The third-order valence-corrected chi connectivity index (χ3v) is 7.70. The summed E-state index contributed by atoms with van der Waals surface area (Å²) in [6.07, 6.45) is -0.0238. The number of carbonyl (C=O) groups excluding carboxylic acids is 3. The first-order valence-corrected chi connectivity index (χ1v) is 12.9. The van der Waals surface area contributed by atoms with E-state index in [0.29, 0.717) is 37.5 Å². The summed E-state index contributed by atoms with van der Waals surface area (Å²) in [5.74, 6) is -0.00271. The van der Waals surface area contributed by atoms with E-state index in [-0.39, 0.29) is 30.6 Å². The van der Waals surface area contributed by atoms with Crippen LogP contribution in [0.1, 0.15) is 24.0 Å². The Morgan fingerprint density at radius 2 is 1.91 bits per heavy atom. The topological polar surface area (TPSA) is 73.4 Å². The van der Waals surface area contributed by atoms with E-state index in [1.54, 1.807) is 30.6 Å². The summed E-state index contributed by atoms with van der Waals surface area (Å²) in [6, 6.07) is 9.35. The van der Waals surface area contributed by atoms with Crippen LogP contribution in [-0.2, 0) is 26.3 Å². The molecular formula is C26H34N4O4S. The number of benzene rings is 1. The molecule has 2 aliphatic rings. The number of likely N-dealkylation sites (N-methyl/N-ethyl adjacent to an activating group) is 1. The number of hydrogen-bond acceptors (Lipinski definition) is 7. The molecule has 1 aromatic carbocycles. The third kappa shape index (κ3) is 5.58. The Bertz CT molecular complexity index is 1050. The first-order valence-electron chi connectivity index (χ1n) is 12.0. The van der Waals surface area contributed by atoms with E-state index in [2.05, 4.69) is 21.7 Å². The molecule has 0 bridgehead atoms. The third-order valence-electron chi connectivity index (χ3n) is 6.97. The Morgan fingerprint density at radius 1 is 1.14 bits per heavy atom. The second-order valence-corrected chi connectivity index (χ2v) is 10.4. The molecule has 3 amide bonds. The van der Waals surface area contributed by atoms with Gasteiger partial charge in [0, 0.05) is 58.7 Å². The predicted molar refractivity (Wildman–Crippen MR) is 135 cm³/mol. The van der Waals surface area contributed by atoms with Gasteiger partial charge in [0.25, 0.3) is 0 Å². The van der Waals surface area contributed by atoms with Crippen molar-refractivity contribution in [2.75, 3.05) is 60.5 Å². The molecule has 1 atom stereocenters. The molecule has 2 aliphatic heterocycles. The van der Waals surface area contributed by atoms with Crippen molar-refractivity contribution >= 4 is 29.1 Å². The van der Waals surface area contributed by atoms with Gasteiger partial charge in [-0.3, -0.25) is 24.2 Å². The largest absolute Gasteiger partial charge is 0.497 e. The van der Waals surface area contributed by atoms with Crippen LogP contribution in [0.2, 0.25) is 0 Å². The fourth-order valence-corrected chi connectivity index (χ4v) is 5.54. The van der Waals surface area contributed by atoms with Crippen LogP contribution in [0, 0.1) is 0 Å². The molecular weight excluding hydrogens is 464 g/mol. The van der Waals surface area contributed by atoms with Crippen LogP contribution in [0.25, 0.3) is 0 Å². The van der Waals surface area contributed by atoms with Crippen LogP contribution in [0.5, 0.6) is 5.75 Å². The average molecular weight is 499 g/mol. The van der Waals surface area contributed by atoms with E-state index in [4.69, 9.17) is 4.74 Å². The van der Waals surface area contributed by atoms with Gasteiger partial charge in [-0.2, -0.15) is 11.3 Å². The lowest BCUT2D eigenvalue weighted by molar-refractivity contribution is -0.143. The number of methoxy groups -OCH3 is 1. The van der Waals surface area contributed by atoms with Gasteiger partial charge in [0.05, 0.1) is 12.5 Å². The lowest BCUT2D eigenvalue weighted by atomic mass is 9.75. The monoisotopic (exact) mass is 498 g/mol. The van der Waals surface area contributed by atoms with Crippen molar-refractivity contribution in [3.05, 3.63) is 52.2 Å². The highest BCUT2D eigenvalue weighted by Crippen LogP contribution is 2.41. The van der Waals surface area contributed by atoms with Gasteiger partial charge in [0.2, 0.25) is 17.7 Å². The number of thiophene rings is 1. The van der Waals surface area contributed by atoms with E-state index in [0.717, 1.165) is 19.6 Å². The van der Waals surface area contributed by atoms with Crippen molar-refractivity contribution in [2.45, 2.75) is 24.8 Å². The minimum atomic E-state index is -1.21. The van der Waals surface area contributed by atoms with Gasteiger partial charge in [0.15, 0.2) is 0 Å². The molecule has 1 aromatic heterocycles. The minimum absolute atomic E-state index is 0.00368. The summed E-state index contributed by atoms with van der Waals surface area (Å²) >= 11 is 1.69. The summed E-state index contributed by atoms with van der Waals surface area (Å²) in [5.41, 5.74) is 0.745. The van der Waals surface area contributed by atoms with E-state index < -0.39 is 5.41 Å². The highest BCUT2D eigenvalue weighted by molar-refractivity contribution is 7.07. The Morgan fingerprint density at radius 3 is 2.57 bits per heavy atom. The second-order valence-electron chi connectivity index (χ2n) is 9.61. The number of amides is 3. The van der Waals surface area contributed by atoms with Crippen molar-refractivity contribution in [2.24, 2.45) is 0 Å². The van der Waals surface area contributed by atoms with Crippen LogP contribution in [0.3, 0.4) is 0 Å². The molecule has 8 nitrogen and oxygen atoms in total. The van der Waals surface area contributed by atoms with Crippen LogP contribution in [-0.4, -0.2) is 97.8 Å². The maximum Gasteiger partial charge on any atom is 0.240 e. The molecule has 0 spiro atoms. The molecule has 4 rings (SSSR count). The zero-order valence-electron chi connectivity index (χ0n) is 20.7. The van der Waals surface area contributed by atoms with Crippen molar-refractivity contribution in [3.8, 4) is 5.75 Å². The summed E-state index contributed by atoms with van der Waals surface area (Å²) in [7, 11) is 5.38. The Hall–Kier alpha value is -2.75. The normalized spacial score (nSPS) is 21.3. The summed E-state index contributed by atoms with van der Waals surface area (Å²) in [4.78, 5) is 47.8. The van der Waals surface area contributed by atoms with Crippen LogP contribution in [0.15, 0.2) is 41.1 Å². The van der Waals surface area contributed by atoms with Gasteiger partial charge in [-0.1, -0.05) is 12.1 Å². The molecule has 188 valence electrons. The van der Waals surface area contributed by atoms with Gasteiger partial charge in [-0.15, -0.1) is 0 Å². The molecule has 1 unspecified atom stereocenters. The molecule has 0 N–H and O–H groups in total. The molecule has 2 saturated heterocycles. The zero-order valence-corrected chi connectivity index (χ0v) is 21.6. The number of carbonyl (C=O) groups is 3. The fourth-order valence-electron chi connectivity index (χ4n) is 4.88. The number of rotatable bonds is 9. The van der Waals surface area contributed by atoms with Gasteiger partial charge in [-0.05, 0) is 54.2 Å². The number of likely N-dealkylation sites (tertiary alicyclic amines) is 1. The van der Waals surface area contributed by atoms with E-state index in [9.17, 15) is 14.4 Å². The Labute approximate surface area is 211 Å². The molecule has 9 heteroatoms. The molecule has 0 saturated carbocycles. The van der Waals surface area contributed by atoms with Gasteiger partial charge in [0.1, 0.15) is 5.75 Å². The van der Waals surface area contributed by atoms with Gasteiger partial charge in [-0.25, -0.2) is 0 Å². The summed E-state index contributed by atoms with van der Waals surface area (Å²) in [6.45, 7) is 4.57. The number of piperazine rings is 1. The quantitative estimate of drug-likeness (QED) is 0.493. The smallest absolute Gasteiger partial charge is 0.240 e. The number of ether oxygens (including phenoxy) is 1. The Kier molecular flexibility index (Phi) is 7.88. The maximum atomic E-state index is 13.8. The molecule has 0 aliphatic carbocycles. The van der Waals surface area contributed by atoms with E-state index in [1.165, 1.54) is 10.5 Å². The fraction of sp³-hybridized carbons (Fsp3) is 0.500. The molecule has 2 fully saturated rings. The zero-order chi connectivity index (χ0) is 25.0. The molecule has 2 aromatic rings. The number of imide groups is 1. The first-order chi connectivity index (χ1) is 16.8. The number of nitrogens with zero attached hydrogens (tertiary/aromatic N) is 4. The second kappa shape index (κ2) is 10.9.